The van der Waals surface area contributed by atoms with Crippen LogP contribution in [0.25, 0.3) is 10.9 Å². The predicted octanol–water partition coefficient (Wildman–Crippen LogP) is 1.38. The number of para-hydroxylation sites is 1. The van der Waals surface area contributed by atoms with Crippen LogP contribution in [0, 0.1) is 11.3 Å². The molecule has 0 spiro atoms. The zero-order valence-corrected chi connectivity index (χ0v) is 8.03. The van der Waals surface area contributed by atoms with Gasteiger partial charge in [-0.2, -0.15) is 10.4 Å². The molecule has 0 atom stereocenters. The van der Waals surface area contributed by atoms with Gasteiger partial charge in [-0.25, -0.2) is 0 Å². The Labute approximate surface area is 86.2 Å². The van der Waals surface area contributed by atoms with E-state index in [0.29, 0.717) is 23.9 Å². The number of benzene rings is 1. The number of hydrogen-bond donors (Lipinski definition) is 1. The molecule has 0 amide bonds. The first-order chi connectivity index (χ1) is 7.33. The fourth-order valence-electron chi connectivity index (χ4n) is 1.46. The average Bonchev–Trinajstić information content (AvgIpc) is 2.29. The molecule has 1 aromatic carbocycles. The second-order valence-corrected chi connectivity index (χ2v) is 3.20. The van der Waals surface area contributed by atoms with Crippen molar-refractivity contribution in [3.63, 3.8) is 0 Å². The van der Waals surface area contributed by atoms with Gasteiger partial charge in [-0.1, -0.05) is 12.1 Å². The lowest BCUT2D eigenvalue weighted by atomic mass is 10.1. The number of aryl methyl sites for hydroxylation is 1. The van der Waals surface area contributed by atoms with Gasteiger partial charge in [-0.3, -0.25) is 9.89 Å². The lowest BCUT2D eigenvalue weighted by molar-refractivity contribution is 0.885. The van der Waals surface area contributed by atoms with Crippen molar-refractivity contribution >= 4 is 10.9 Å². The minimum atomic E-state index is -0.0837. The van der Waals surface area contributed by atoms with E-state index in [4.69, 9.17) is 5.26 Å². The van der Waals surface area contributed by atoms with Gasteiger partial charge in [0.1, 0.15) is 5.69 Å². The highest BCUT2D eigenvalue weighted by Gasteiger charge is 2.05. The van der Waals surface area contributed by atoms with Gasteiger partial charge in [0.15, 0.2) is 0 Å². The minimum Gasteiger partial charge on any atom is -0.287 e. The fourth-order valence-corrected chi connectivity index (χ4v) is 1.46. The molecule has 74 valence electrons. The molecule has 0 aliphatic rings. The van der Waals surface area contributed by atoms with E-state index in [2.05, 4.69) is 10.2 Å². The molecule has 2 aromatic rings. The number of rotatable bonds is 2. The summed E-state index contributed by atoms with van der Waals surface area (Å²) in [5.41, 5.74) is 1.07. The zero-order valence-electron chi connectivity index (χ0n) is 8.03. The minimum absolute atomic E-state index is 0.0837. The molecule has 0 aliphatic carbocycles. The van der Waals surface area contributed by atoms with Crippen molar-refractivity contribution < 1.29 is 0 Å². The standard InChI is InChI=1S/C11H9N3O/c12-7-3-6-10-11(15)8-4-1-2-5-9(8)13-14-10/h1-2,4-5H,3,6H2,(H,13,15). The van der Waals surface area contributed by atoms with Gasteiger partial charge in [0, 0.05) is 18.2 Å². The number of nitrogens with zero attached hydrogens (tertiary/aromatic N) is 2. The number of fused-ring (bicyclic) bond motifs is 1. The first-order valence-electron chi connectivity index (χ1n) is 4.66. The van der Waals surface area contributed by atoms with E-state index in [-0.39, 0.29) is 5.43 Å². The van der Waals surface area contributed by atoms with Crippen molar-refractivity contribution in [3.05, 3.63) is 40.2 Å². The number of H-pyrrole nitrogens is 1. The summed E-state index contributed by atoms with van der Waals surface area (Å²) in [5.74, 6) is 0. The van der Waals surface area contributed by atoms with Crippen LogP contribution in [0.5, 0.6) is 0 Å². The first kappa shape index (κ1) is 9.41. The van der Waals surface area contributed by atoms with E-state index in [1.165, 1.54) is 0 Å². The molecule has 0 radical (unpaired) electrons. The van der Waals surface area contributed by atoms with Crippen LogP contribution in [-0.4, -0.2) is 10.2 Å². The van der Waals surface area contributed by atoms with Crippen LogP contribution in [0.3, 0.4) is 0 Å². The largest absolute Gasteiger partial charge is 0.287 e. The molecule has 1 heterocycles. The SMILES string of the molecule is N#CCCc1n[nH]c2ccccc2c1=O. The highest BCUT2D eigenvalue weighted by molar-refractivity contribution is 5.77. The Morgan fingerprint density at radius 2 is 2.20 bits per heavy atom. The molecular weight excluding hydrogens is 190 g/mol. The lowest BCUT2D eigenvalue weighted by Crippen LogP contribution is -2.13. The summed E-state index contributed by atoms with van der Waals surface area (Å²) >= 11 is 0. The normalized spacial score (nSPS) is 10.1. The van der Waals surface area contributed by atoms with Crippen molar-refractivity contribution in [2.45, 2.75) is 12.8 Å². The summed E-state index contributed by atoms with van der Waals surface area (Å²) in [6, 6.07) is 9.21. The maximum Gasteiger partial charge on any atom is 0.211 e. The highest BCUT2D eigenvalue weighted by atomic mass is 16.1. The Bertz CT molecular complexity index is 580. The maximum absolute atomic E-state index is 11.8. The Balaban J connectivity index is 2.57. The maximum atomic E-state index is 11.8. The van der Waals surface area contributed by atoms with Crippen LogP contribution in [0.4, 0.5) is 0 Å². The molecular formula is C11H9N3O. The van der Waals surface area contributed by atoms with Crippen molar-refractivity contribution in [3.8, 4) is 6.07 Å². The first-order valence-corrected chi connectivity index (χ1v) is 4.66. The summed E-state index contributed by atoms with van der Waals surface area (Å²) in [6.07, 6.45) is 0.713. The van der Waals surface area contributed by atoms with Crippen molar-refractivity contribution in [2.24, 2.45) is 0 Å². The molecule has 0 unspecified atom stereocenters. The van der Waals surface area contributed by atoms with E-state index in [0.717, 1.165) is 5.52 Å². The number of hydrogen-bond acceptors (Lipinski definition) is 3. The van der Waals surface area contributed by atoms with Gasteiger partial charge in [0.2, 0.25) is 5.43 Å². The van der Waals surface area contributed by atoms with E-state index in [1.54, 1.807) is 12.1 Å². The smallest absolute Gasteiger partial charge is 0.211 e. The van der Waals surface area contributed by atoms with Gasteiger partial charge < -0.3 is 0 Å². The third kappa shape index (κ3) is 1.72. The third-order valence-corrected chi connectivity index (χ3v) is 2.22. The van der Waals surface area contributed by atoms with Crippen molar-refractivity contribution in [1.29, 1.82) is 5.26 Å². The molecule has 1 N–H and O–H groups in total. The molecule has 2 rings (SSSR count). The number of nitrogens with one attached hydrogen (secondary N) is 1. The molecule has 0 bridgehead atoms. The summed E-state index contributed by atoms with van der Waals surface area (Å²) in [5, 5.41) is 15.8. The van der Waals surface area contributed by atoms with Gasteiger partial charge in [0.25, 0.3) is 0 Å². The molecule has 4 nitrogen and oxygen atoms in total. The van der Waals surface area contributed by atoms with Crippen LogP contribution in [0.2, 0.25) is 0 Å². The summed E-state index contributed by atoms with van der Waals surface area (Å²) in [6.45, 7) is 0. The number of nitriles is 1. The highest BCUT2D eigenvalue weighted by Crippen LogP contribution is 2.05. The average molecular weight is 199 g/mol. The third-order valence-electron chi connectivity index (χ3n) is 2.22. The van der Waals surface area contributed by atoms with E-state index in [9.17, 15) is 4.79 Å². The van der Waals surface area contributed by atoms with Gasteiger partial charge in [0.05, 0.1) is 11.6 Å². The summed E-state index contributed by atoms with van der Waals surface area (Å²) in [7, 11) is 0. The molecule has 0 aliphatic heterocycles. The van der Waals surface area contributed by atoms with E-state index >= 15 is 0 Å². The van der Waals surface area contributed by atoms with E-state index in [1.807, 2.05) is 18.2 Å². The lowest BCUT2D eigenvalue weighted by Gasteiger charge is -1.99. The van der Waals surface area contributed by atoms with Crippen molar-refractivity contribution in [1.82, 2.24) is 10.2 Å². The number of aromatic nitrogens is 2. The topological polar surface area (TPSA) is 69.5 Å². The van der Waals surface area contributed by atoms with Crippen LogP contribution in [0.1, 0.15) is 12.1 Å². The molecule has 0 fully saturated rings. The van der Waals surface area contributed by atoms with Crippen LogP contribution < -0.4 is 5.43 Å². The summed E-state index contributed by atoms with van der Waals surface area (Å²) < 4.78 is 0. The van der Waals surface area contributed by atoms with Gasteiger partial charge in [-0.15, -0.1) is 0 Å². The monoisotopic (exact) mass is 199 g/mol. The number of aromatic amines is 1. The second kappa shape index (κ2) is 3.93. The fraction of sp³-hybridized carbons (Fsp3) is 0.182. The van der Waals surface area contributed by atoms with Gasteiger partial charge in [-0.05, 0) is 12.1 Å². The van der Waals surface area contributed by atoms with Crippen LogP contribution in [-0.2, 0) is 6.42 Å². The van der Waals surface area contributed by atoms with Gasteiger partial charge >= 0.3 is 0 Å². The van der Waals surface area contributed by atoms with Crippen molar-refractivity contribution in [2.75, 3.05) is 0 Å². The summed E-state index contributed by atoms with van der Waals surface area (Å²) in [4.78, 5) is 11.8. The quantitative estimate of drug-likeness (QED) is 0.794. The Kier molecular flexibility index (Phi) is 2.46. The molecule has 4 heteroatoms. The molecule has 15 heavy (non-hydrogen) atoms. The molecule has 1 aromatic heterocycles. The molecule has 0 saturated carbocycles. The molecule has 0 saturated heterocycles. The second-order valence-electron chi connectivity index (χ2n) is 3.20. The van der Waals surface area contributed by atoms with E-state index < -0.39 is 0 Å². The van der Waals surface area contributed by atoms with Crippen LogP contribution in [0.15, 0.2) is 29.1 Å². The Morgan fingerprint density at radius 1 is 1.40 bits per heavy atom. The Hall–Kier alpha value is -2.15. The Morgan fingerprint density at radius 3 is 3.00 bits per heavy atom. The predicted molar refractivity (Wildman–Crippen MR) is 56.3 cm³/mol. The van der Waals surface area contributed by atoms with Crippen LogP contribution >= 0.6 is 0 Å². The zero-order chi connectivity index (χ0) is 10.7.